The Morgan fingerprint density at radius 3 is 3.07 bits per heavy atom. The van der Waals surface area contributed by atoms with Crippen LogP contribution in [0.15, 0.2) is 0 Å². The predicted octanol–water partition coefficient (Wildman–Crippen LogP) is -0.787. The number of hydrazine groups is 1. The number of aliphatic hydroxyl groups is 1. The number of amides is 1. The second kappa shape index (κ2) is 5.95. The molecule has 4 N–H and O–H groups in total. The second-order valence-corrected chi connectivity index (χ2v) is 3.77. The van der Waals surface area contributed by atoms with Crippen LogP contribution in [0.4, 0.5) is 0 Å². The zero-order chi connectivity index (χ0) is 10.4. The van der Waals surface area contributed by atoms with E-state index in [0.717, 1.165) is 38.9 Å². The first kappa shape index (κ1) is 11.4. The van der Waals surface area contributed by atoms with Crippen LogP contribution >= 0.6 is 0 Å². The van der Waals surface area contributed by atoms with Gasteiger partial charge in [0.25, 0.3) is 0 Å². The van der Waals surface area contributed by atoms with E-state index < -0.39 is 0 Å². The minimum Gasteiger partial charge on any atom is -0.392 e. The average molecular weight is 201 g/mol. The Kier molecular flexibility index (Phi) is 4.86. The molecule has 0 radical (unpaired) electrons. The molecule has 1 heterocycles. The number of aliphatic hydroxyl groups excluding tert-OH is 1. The monoisotopic (exact) mass is 201 g/mol. The highest BCUT2D eigenvalue weighted by molar-refractivity contribution is 5.75. The van der Waals surface area contributed by atoms with Crippen molar-refractivity contribution in [1.82, 2.24) is 10.3 Å². The summed E-state index contributed by atoms with van der Waals surface area (Å²) in [6.45, 7) is 2.63. The molecule has 1 aliphatic rings. The number of carbonyl (C=O) groups is 1. The fourth-order valence-electron chi connectivity index (χ4n) is 1.77. The maximum absolute atomic E-state index is 10.8. The molecule has 0 aromatic heterocycles. The Balaban J connectivity index is 2.08. The summed E-state index contributed by atoms with van der Waals surface area (Å²) >= 11 is 0. The maximum Gasteiger partial charge on any atom is 0.233 e. The van der Waals surface area contributed by atoms with Crippen LogP contribution < -0.4 is 11.3 Å². The number of piperidine rings is 1. The van der Waals surface area contributed by atoms with Crippen LogP contribution in [0.2, 0.25) is 0 Å². The van der Waals surface area contributed by atoms with Crippen molar-refractivity contribution in [3.63, 3.8) is 0 Å². The highest BCUT2D eigenvalue weighted by Crippen LogP contribution is 2.10. The molecule has 0 saturated carbocycles. The number of carbonyl (C=O) groups excluding carboxylic acids is 1. The minimum atomic E-state index is -0.188. The number of hydrogen-bond acceptors (Lipinski definition) is 4. The third-order valence-corrected chi connectivity index (χ3v) is 2.52. The summed E-state index contributed by atoms with van der Waals surface area (Å²) in [5.74, 6) is 4.84. The smallest absolute Gasteiger partial charge is 0.233 e. The van der Waals surface area contributed by atoms with Crippen molar-refractivity contribution < 1.29 is 9.90 Å². The Bertz CT molecular complexity index is 187. The van der Waals surface area contributed by atoms with Crippen molar-refractivity contribution in [3.8, 4) is 0 Å². The molecule has 5 heteroatoms. The summed E-state index contributed by atoms with van der Waals surface area (Å²) in [5.41, 5.74) is 2.10. The number of nitrogens with two attached hydrogens (primary N) is 1. The molecule has 1 saturated heterocycles. The lowest BCUT2D eigenvalue weighted by Gasteiger charge is -2.29. The fourth-order valence-corrected chi connectivity index (χ4v) is 1.77. The van der Waals surface area contributed by atoms with E-state index in [-0.39, 0.29) is 12.0 Å². The van der Waals surface area contributed by atoms with Crippen molar-refractivity contribution in [2.24, 2.45) is 5.84 Å². The van der Waals surface area contributed by atoms with Crippen molar-refractivity contribution in [2.75, 3.05) is 19.6 Å². The normalized spacial score (nSPS) is 23.4. The van der Waals surface area contributed by atoms with Gasteiger partial charge in [-0.15, -0.1) is 0 Å². The van der Waals surface area contributed by atoms with Gasteiger partial charge in [-0.05, 0) is 32.4 Å². The van der Waals surface area contributed by atoms with Crippen LogP contribution in [0.25, 0.3) is 0 Å². The van der Waals surface area contributed by atoms with E-state index in [2.05, 4.69) is 10.3 Å². The molecule has 0 bridgehead atoms. The van der Waals surface area contributed by atoms with E-state index >= 15 is 0 Å². The van der Waals surface area contributed by atoms with Crippen LogP contribution in [0.3, 0.4) is 0 Å². The van der Waals surface area contributed by atoms with Crippen LogP contribution in [0, 0.1) is 0 Å². The molecular formula is C9H19N3O2. The Labute approximate surface area is 84.2 Å². The third kappa shape index (κ3) is 4.04. The summed E-state index contributed by atoms with van der Waals surface area (Å²) in [6.07, 6.45) is 3.02. The first-order chi connectivity index (χ1) is 6.72. The summed E-state index contributed by atoms with van der Waals surface area (Å²) in [6, 6.07) is 0. The number of nitrogens with one attached hydrogen (secondary N) is 1. The van der Waals surface area contributed by atoms with Gasteiger partial charge in [-0.3, -0.25) is 10.2 Å². The number of hydrogen-bond donors (Lipinski definition) is 3. The van der Waals surface area contributed by atoms with E-state index in [9.17, 15) is 9.90 Å². The number of β-amino-alcohol motifs (C(OH)–C–C–N with tert-alkyl or cyclic N) is 1. The molecule has 1 atom stereocenters. The molecule has 5 nitrogen and oxygen atoms in total. The van der Waals surface area contributed by atoms with Gasteiger partial charge < -0.3 is 10.0 Å². The predicted molar refractivity (Wildman–Crippen MR) is 53.2 cm³/mol. The van der Waals surface area contributed by atoms with Crippen molar-refractivity contribution in [1.29, 1.82) is 0 Å². The molecule has 14 heavy (non-hydrogen) atoms. The van der Waals surface area contributed by atoms with Gasteiger partial charge in [0, 0.05) is 13.0 Å². The quantitative estimate of drug-likeness (QED) is 0.316. The van der Waals surface area contributed by atoms with Gasteiger partial charge in [0.1, 0.15) is 0 Å². The summed E-state index contributed by atoms with van der Waals surface area (Å²) < 4.78 is 0. The van der Waals surface area contributed by atoms with Gasteiger partial charge in [0.05, 0.1) is 6.10 Å². The first-order valence-electron chi connectivity index (χ1n) is 5.12. The van der Waals surface area contributed by atoms with Gasteiger partial charge >= 0.3 is 0 Å². The number of likely N-dealkylation sites (tertiary alicyclic amines) is 1. The summed E-state index contributed by atoms with van der Waals surface area (Å²) in [4.78, 5) is 13.0. The minimum absolute atomic E-state index is 0.123. The zero-order valence-electron chi connectivity index (χ0n) is 8.41. The number of rotatable bonds is 4. The molecule has 0 aromatic rings. The van der Waals surface area contributed by atoms with E-state index in [0.29, 0.717) is 6.42 Å². The van der Waals surface area contributed by atoms with E-state index in [1.165, 1.54) is 0 Å². The van der Waals surface area contributed by atoms with Crippen LogP contribution in [-0.2, 0) is 4.79 Å². The Morgan fingerprint density at radius 2 is 2.43 bits per heavy atom. The third-order valence-electron chi connectivity index (χ3n) is 2.52. The maximum atomic E-state index is 10.8. The van der Waals surface area contributed by atoms with Crippen molar-refractivity contribution in [3.05, 3.63) is 0 Å². The fraction of sp³-hybridized carbons (Fsp3) is 0.889. The van der Waals surface area contributed by atoms with Crippen LogP contribution in [0.1, 0.15) is 25.7 Å². The standard InChI is InChI=1S/C9H19N3O2/c10-11-9(14)4-2-6-12-5-1-3-8(13)7-12/h8,13H,1-7,10H2,(H,11,14). The largest absolute Gasteiger partial charge is 0.392 e. The van der Waals surface area contributed by atoms with Gasteiger partial charge in [-0.2, -0.15) is 0 Å². The van der Waals surface area contributed by atoms with Gasteiger partial charge in [-0.1, -0.05) is 0 Å². The summed E-state index contributed by atoms with van der Waals surface area (Å²) in [7, 11) is 0. The molecular weight excluding hydrogens is 182 g/mol. The van der Waals surface area contributed by atoms with Crippen LogP contribution in [-0.4, -0.2) is 41.7 Å². The SMILES string of the molecule is NNC(=O)CCCN1CCCC(O)C1. The molecule has 1 fully saturated rings. The van der Waals surface area contributed by atoms with Gasteiger partial charge in [0.2, 0.25) is 5.91 Å². The first-order valence-corrected chi connectivity index (χ1v) is 5.12. The highest BCUT2D eigenvalue weighted by Gasteiger charge is 2.16. The lowest BCUT2D eigenvalue weighted by Crippen LogP contribution is -2.39. The molecule has 0 aromatic carbocycles. The van der Waals surface area contributed by atoms with Crippen molar-refractivity contribution >= 4 is 5.91 Å². The number of nitrogens with zero attached hydrogens (tertiary/aromatic N) is 1. The van der Waals surface area contributed by atoms with E-state index in [1.807, 2.05) is 0 Å². The average Bonchev–Trinajstić information content (AvgIpc) is 2.17. The molecule has 1 unspecified atom stereocenters. The molecule has 82 valence electrons. The summed E-state index contributed by atoms with van der Waals surface area (Å²) in [5, 5.41) is 9.39. The Hall–Kier alpha value is -0.650. The second-order valence-electron chi connectivity index (χ2n) is 3.77. The van der Waals surface area contributed by atoms with E-state index in [1.54, 1.807) is 0 Å². The molecule has 1 amide bonds. The topological polar surface area (TPSA) is 78.6 Å². The lowest BCUT2D eigenvalue weighted by atomic mass is 10.1. The lowest BCUT2D eigenvalue weighted by molar-refractivity contribution is -0.121. The zero-order valence-corrected chi connectivity index (χ0v) is 8.41. The van der Waals surface area contributed by atoms with Crippen molar-refractivity contribution in [2.45, 2.75) is 31.8 Å². The van der Waals surface area contributed by atoms with Gasteiger partial charge in [-0.25, -0.2) is 5.84 Å². The molecule has 1 rings (SSSR count). The van der Waals surface area contributed by atoms with Crippen LogP contribution in [0.5, 0.6) is 0 Å². The molecule has 0 spiro atoms. The van der Waals surface area contributed by atoms with E-state index in [4.69, 9.17) is 5.84 Å². The highest BCUT2D eigenvalue weighted by atomic mass is 16.3. The molecule has 0 aliphatic carbocycles. The molecule has 1 aliphatic heterocycles. The van der Waals surface area contributed by atoms with Gasteiger partial charge in [0.15, 0.2) is 0 Å². The Morgan fingerprint density at radius 1 is 1.64 bits per heavy atom.